The van der Waals surface area contributed by atoms with Gasteiger partial charge in [-0.15, -0.1) is 0 Å². The maximum absolute atomic E-state index is 9.86. The van der Waals surface area contributed by atoms with Crippen LogP contribution in [-0.2, 0) is 0 Å². The highest BCUT2D eigenvalue weighted by Crippen LogP contribution is 2.34. The zero-order valence-electron chi connectivity index (χ0n) is 10.0. The fourth-order valence-corrected chi connectivity index (χ4v) is 2.45. The van der Waals surface area contributed by atoms with Crippen LogP contribution in [0.25, 0.3) is 0 Å². The van der Waals surface area contributed by atoms with E-state index in [0.29, 0.717) is 5.75 Å². The largest absolute Gasteiger partial charge is 0.508 e. The molecule has 1 saturated heterocycles. The molecule has 0 saturated carbocycles. The molecule has 0 bridgehead atoms. The van der Waals surface area contributed by atoms with Gasteiger partial charge in [0.2, 0.25) is 0 Å². The third-order valence-corrected chi connectivity index (χ3v) is 3.42. The van der Waals surface area contributed by atoms with Crippen molar-refractivity contribution in [1.82, 2.24) is 10.9 Å². The van der Waals surface area contributed by atoms with E-state index in [-0.39, 0.29) is 12.1 Å². The smallest absolute Gasteiger partial charge is 0.120 e. The minimum atomic E-state index is 0.149. The van der Waals surface area contributed by atoms with Gasteiger partial charge < -0.3 is 5.11 Å². The maximum atomic E-state index is 9.86. The van der Waals surface area contributed by atoms with Gasteiger partial charge in [0.25, 0.3) is 0 Å². The van der Waals surface area contributed by atoms with Crippen LogP contribution >= 0.6 is 0 Å². The molecule has 0 spiro atoms. The molecule has 2 atom stereocenters. The molecule has 3 N–H and O–H groups in total. The van der Waals surface area contributed by atoms with Gasteiger partial charge in [-0.05, 0) is 18.1 Å². The predicted molar refractivity (Wildman–Crippen MR) is 70.9 cm³/mol. The summed E-state index contributed by atoms with van der Waals surface area (Å²) in [6.07, 6.45) is 0.932. The number of para-hydroxylation sites is 1. The van der Waals surface area contributed by atoms with Gasteiger partial charge in [0.05, 0.1) is 6.04 Å². The van der Waals surface area contributed by atoms with Gasteiger partial charge in [0.15, 0.2) is 0 Å². The van der Waals surface area contributed by atoms with Crippen LogP contribution in [0.4, 0.5) is 0 Å². The molecule has 1 aliphatic heterocycles. The standard InChI is InChI=1S/C15H16N2O/c18-15-9-5-4-8-12(15)14-10-13(16-17-14)11-6-2-1-3-7-11/h1-9,13-14,16-18H,10H2/t13-,14+/m0/s1. The minimum absolute atomic E-state index is 0.149. The number of aromatic hydroxyl groups is 1. The first kappa shape index (κ1) is 11.3. The zero-order chi connectivity index (χ0) is 12.4. The summed E-state index contributed by atoms with van der Waals surface area (Å²) in [5.74, 6) is 0.352. The van der Waals surface area contributed by atoms with Crippen LogP contribution in [0, 0.1) is 0 Å². The van der Waals surface area contributed by atoms with Crippen LogP contribution in [0.15, 0.2) is 54.6 Å². The summed E-state index contributed by atoms with van der Waals surface area (Å²) in [4.78, 5) is 0. The van der Waals surface area contributed by atoms with Crippen LogP contribution in [0.3, 0.4) is 0 Å². The molecule has 1 heterocycles. The van der Waals surface area contributed by atoms with Crippen molar-refractivity contribution < 1.29 is 5.11 Å². The highest BCUT2D eigenvalue weighted by molar-refractivity contribution is 5.35. The molecule has 0 unspecified atom stereocenters. The van der Waals surface area contributed by atoms with Gasteiger partial charge in [-0.1, -0.05) is 48.5 Å². The maximum Gasteiger partial charge on any atom is 0.120 e. The van der Waals surface area contributed by atoms with E-state index in [0.717, 1.165) is 12.0 Å². The quantitative estimate of drug-likeness (QED) is 0.756. The molecule has 1 fully saturated rings. The molecular weight excluding hydrogens is 224 g/mol. The normalized spacial score (nSPS) is 23.1. The number of rotatable bonds is 2. The second-order valence-corrected chi connectivity index (χ2v) is 4.60. The van der Waals surface area contributed by atoms with E-state index >= 15 is 0 Å². The minimum Gasteiger partial charge on any atom is -0.508 e. The van der Waals surface area contributed by atoms with Crippen molar-refractivity contribution in [2.24, 2.45) is 0 Å². The summed E-state index contributed by atoms with van der Waals surface area (Å²) in [5, 5.41) is 9.86. The Kier molecular flexibility index (Phi) is 3.00. The third-order valence-electron chi connectivity index (χ3n) is 3.42. The van der Waals surface area contributed by atoms with E-state index in [9.17, 15) is 5.11 Å². The number of phenols is 1. The highest BCUT2D eigenvalue weighted by Gasteiger charge is 2.27. The Hall–Kier alpha value is -1.84. The van der Waals surface area contributed by atoms with Crippen molar-refractivity contribution in [2.45, 2.75) is 18.5 Å². The number of hydrogen-bond acceptors (Lipinski definition) is 3. The summed E-state index contributed by atoms with van der Waals surface area (Å²) < 4.78 is 0. The summed E-state index contributed by atoms with van der Waals surface area (Å²) in [6.45, 7) is 0. The van der Waals surface area contributed by atoms with E-state index in [4.69, 9.17) is 0 Å². The van der Waals surface area contributed by atoms with Gasteiger partial charge in [-0.2, -0.15) is 0 Å². The van der Waals surface area contributed by atoms with Gasteiger partial charge in [-0.25, -0.2) is 10.9 Å². The first-order valence-electron chi connectivity index (χ1n) is 6.18. The van der Waals surface area contributed by atoms with Crippen LogP contribution in [0.2, 0.25) is 0 Å². The monoisotopic (exact) mass is 240 g/mol. The Bertz CT molecular complexity index is 527. The van der Waals surface area contributed by atoms with Crippen LogP contribution in [0.5, 0.6) is 5.75 Å². The summed E-state index contributed by atoms with van der Waals surface area (Å²) in [7, 11) is 0. The van der Waals surface area contributed by atoms with E-state index in [1.807, 2.05) is 36.4 Å². The number of hydrazine groups is 1. The topological polar surface area (TPSA) is 44.3 Å². The molecule has 0 amide bonds. The highest BCUT2D eigenvalue weighted by atomic mass is 16.3. The van der Waals surface area contributed by atoms with Crippen molar-refractivity contribution in [3.05, 3.63) is 65.7 Å². The lowest BCUT2D eigenvalue weighted by Crippen LogP contribution is -2.26. The molecule has 0 radical (unpaired) electrons. The second kappa shape index (κ2) is 4.80. The average molecular weight is 240 g/mol. The van der Waals surface area contributed by atoms with Crippen LogP contribution in [0.1, 0.15) is 29.6 Å². The van der Waals surface area contributed by atoms with Crippen LogP contribution < -0.4 is 10.9 Å². The first-order valence-corrected chi connectivity index (χ1v) is 6.18. The fourth-order valence-electron chi connectivity index (χ4n) is 2.45. The lowest BCUT2D eigenvalue weighted by molar-refractivity contribution is 0.453. The number of phenolic OH excluding ortho intramolecular Hbond substituents is 1. The number of nitrogens with one attached hydrogen (secondary N) is 2. The number of benzene rings is 2. The lowest BCUT2D eigenvalue weighted by Gasteiger charge is -2.11. The van der Waals surface area contributed by atoms with E-state index in [1.165, 1.54) is 5.56 Å². The molecule has 0 aromatic heterocycles. The Labute approximate surface area is 106 Å². The van der Waals surface area contributed by atoms with Crippen molar-refractivity contribution in [3.8, 4) is 5.75 Å². The SMILES string of the molecule is Oc1ccccc1[C@H]1C[C@@H](c2ccccc2)NN1. The molecule has 2 aromatic carbocycles. The summed E-state index contributed by atoms with van der Waals surface area (Å²) in [5.41, 5.74) is 8.75. The molecule has 18 heavy (non-hydrogen) atoms. The Balaban J connectivity index is 1.78. The van der Waals surface area contributed by atoms with Gasteiger partial charge in [0, 0.05) is 11.6 Å². The Morgan fingerprint density at radius 1 is 0.833 bits per heavy atom. The Morgan fingerprint density at radius 3 is 2.28 bits per heavy atom. The lowest BCUT2D eigenvalue weighted by atomic mass is 9.97. The Morgan fingerprint density at radius 2 is 1.50 bits per heavy atom. The van der Waals surface area contributed by atoms with Crippen molar-refractivity contribution in [1.29, 1.82) is 0 Å². The van der Waals surface area contributed by atoms with Crippen molar-refractivity contribution in [3.63, 3.8) is 0 Å². The van der Waals surface area contributed by atoms with Crippen LogP contribution in [-0.4, -0.2) is 5.11 Å². The number of hydrogen-bond donors (Lipinski definition) is 3. The second-order valence-electron chi connectivity index (χ2n) is 4.60. The molecule has 92 valence electrons. The summed E-state index contributed by atoms with van der Waals surface area (Å²) >= 11 is 0. The molecule has 3 rings (SSSR count). The zero-order valence-corrected chi connectivity index (χ0v) is 10.0. The molecule has 3 nitrogen and oxygen atoms in total. The first-order chi connectivity index (χ1) is 8.84. The molecule has 3 heteroatoms. The van der Waals surface area contributed by atoms with E-state index < -0.39 is 0 Å². The molecule has 1 aliphatic rings. The van der Waals surface area contributed by atoms with Gasteiger partial charge in [-0.3, -0.25) is 0 Å². The van der Waals surface area contributed by atoms with Gasteiger partial charge in [0.1, 0.15) is 5.75 Å². The molecular formula is C15H16N2O. The molecule has 0 aliphatic carbocycles. The van der Waals surface area contributed by atoms with E-state index in [2.05, 4.69) is 23.0 Å². The van der Waals surface area contributed by atoms with Crippen molar-refractivity contribution in [2.75, 3.05) is 0 Å². The van der Waals surface area contributed by atoms with Gasteiger partial charge >= 0.3 is 0 Å². The predicted octanol–water partition coefficient (Wildman–Crippen LogP) is 2.67. The third kappa shape index (κ3) is 2.10. The molecule has 2 aromatic rings. The summed E-state index contributed by atoms with van der Waals surface area (Å²) in [6, 6.07) is 18.3. The van der Waals surface area contributed by atoms with E-state index in [1.54, 1.807) is 6.07 Å². The fraction of sp³-hybridized carbons (Fsp3) is 0.200. The van der Waals surface area contributed by atoms with Crippen molar-refractivity contribution >= 4 is 0 Å². The average Bonchev–Trinajstić information content (AvgIpc) is 2.90.